The van der Waals surface area contributed by atoms with E-state index in [1.165, 1.54) is 18.0 Å². The van der Waals surface area contributed by atoms with Gasteiger partial charge in [0, 0.05) is 22.3 Å². The second-order valence-corrected chi connectivity index (χ2v) is 4.75. The molecular formula is C11H9ClN4OS. The smallest absolute Gasteiger partial charge is 0.191 e. The quantitative estimate of drug-likeness (QED) is 0.390. The minimum absolute atomic E-state index is 0.0763. The Bertz CT molecular complexity index is 591. The van der Waals surface area contributed by atoms with Crippen molar-refractivity contribution < 1.29 is 5.21 Å². The van der Waals surface area contributed by atoms with Gasteiger partial charge in [-0.05, 0) is 18.2 Å². The zero-order valence-corrected chi connectivity index (χ0v) is 10.7. The van der Waals surface area contributed by atoms with Gasteiger partial charge in [0.15, 0.2) is 5.84 Å². The Balaban J connectivity index is 2.35. The molecule has 0 aliphatic rings. The molecule has 0 radical (unpaired) electrons. The first-order valence-corrected chi connectivity index (χ1v) is 6.12. The summed E-state index contributed by atoms with van der Waals surface area (Å²) < 4.78 is 0. The number of aromatic nitrogens is 2. The van der Waals surface area contributed by atoms with Crippen LogP contribution in [0.25, 0.3) is 0 Å². The van der Waals surface area contributed by atoms with Crippen molar-refractivity contribution in [2.45, 2.75) is 9.92 Å². The SMILES string of the molecule is NC(=NO)c1nccnc1Sc1cccc(Cl)c1. The zero-order chi connectivity index (χ0) is 13.0. The largest absolute Gasteiger partial charge is 0.409 e. The molecule has 1 aromatic carbocycles. The molecule has 18 heavy (non-hydrogen) atoms. The van der Waals surface area contributed by atoms with Crippen molar-refractivity contribution in [3.05, 3.63) is 47.4 Å². The van der Waals surface area contributed by atoms with Crippen molar-refractivity contribution in [2.24, 2.45) is 10.9 Å². The van der Waals surface area contributed by atoms with Crippen LogP contribution in [-0.4, -0.2) is 21.0 Å². The number of oxime groups is 1. The second-order valence-electron chi connectivity index (χ2n) is 3.25. The van der Waals surface area contributed by atoms with Crippen LogP contribution in [0.1, 0.15) is 5.69 Å². The molecule has 7 heteroatoms. The first kappa shape index (κ1) is 12.7. The lowest BCUT2D eigenvalue weighted by molar-refractivity contribution is 0.318. The normalized spacial score (nSPS) is 11.5. The predicted molar refractivity (Wildman–Crippen MR) is 70.1 cm³/mol. The Labute approximate surface area is 113 Å². The van der Waals surface area contributed by atoms with Gasteiger partial charge in [0.1, 0.15) is 10.7 Å². The van der Waals surface area contributed by atoms with Crippen LogP contribution < -0.4 is 5.73 Å². The van der Waals surface area contributed by atoms with E-state index in [9.17, 15) is 0 Å². The number of hydrogen-bond acceptors (Lipinski definition) is 5. The molecular weight excluding hydrogens is 272 g/mol. The van der Waals surface area contributed by atoms with E-state index in [0.717, 1.165) is 4.90 Å². The molecule has 5 nitrogen and oxygen atoms in total. The zero-order valence-electron chi connectivity index (χ0n) is 9.12. The van der Waals surface area contributed by atoms with E-state index < -0.39 is 0 Å². The van der Waals surface area contributed by atoms with Gasteiger partial charge in [-0.15, -0.1) is 0 Å². The summed E-state index contributed by atoms with van der Waals surface area (Å²) in [6, 6.07) is 7.31. The minimum atomic E-state index is -0.0763. The third-order valence-corrected chi connectivity index (χ3v) is 3.24. The Hall–Kier alpha value is -1.79. The number of amidine groups is 1. The van der Waals surface area contributed by atoms with Crippen molar-refractivity contribution >= 4 is 29.2 Å². The van der Waals surface area contributed by atoms with E-state index in [4.69, 9.17) is 22.5 Å². The molecule has 0 saturated heterocycles. The first-order chi connectivity index (χ1) is 8.70. The summed E-state index contributed by atoms with van der Waals surface area (Å²) in [6.07, 6.45) is 3.02. The Morgan fingerprint density at radius 3 is 2.83 bits per heavy atom. The van der Waals surface area contributed by atoms with Crippen LogP contribution in [-0.2, 0) is 0 Å². The van der Waals surface area contributed by atoms with Crippen molar-refractivity contribution in [1.82, 2.24) is 9.97 Å². The van der Waals surface area contributed by atoms with Crippen molar-refractivity contribution in [3.63, 3.8) is 0 Å². The van der Waals surface area contributed by atoms with E-state index >= 15 is 0 Å². The van der Waals surface area contributed by atoms with E-state index in [0.29, 0.717) is 15.7 Å². The molecule has 2 rings (SSSR count). The van der Waals surface area contributed by atoms with Gasteiger partial charge >= 0.3 is 0 Å². The minimum Gasteiger partial charge on any atom is -0.409 e. The van der Waals surface area contributed by atoms with E-state index in [-0.39, 0.29) is 5.84 Å². The highest BCUT2D eigenvalue weighted by Crippen LogP contribution is 2.29. The molecule has 1 aromatic heterocycles. The molecule has 92 valence electrons. The van der Waals surface area contributed by atoms with Crippen LogP contribution in [0.3, 0.4) is 0 Å². The fraction of sp³-hybridized carbons (Fsp3) is 0. The summed E-state index contributed by atoms with van der Waals surface area (Å²) >= 11 is 7.24. The highest BCUT2D eigenvalue weighted by Gasteiger charge is 2.11. The summed E-state index contributed by atoms with van der Waals surface area (Å²) in [5.74, 6) is -0.0763. The molecule has 0 saturated carbocycles. The van der Waals surface area contributed by atoms with Gasteiger partial charge in [-0.2, -0.15) is 0 Å². The van der Waals surface area contributed by atoms with Gasteiger partial charge in [0.05, 0.1) is 0 Å². The predicted octanol–water partition coefficient (Wildman–Crippen LogP) is 2.38. The summed E-state index contributed by atoms with van der Waals surface area (Å²) in [5.41, 5.74) is 5.87. The molecule has 3 N–H and O–H groups in total. The van der Waals surface area contributed by atoms with Crippen molar-refractivity contribution in [1.29, 1.82) is 0 Å². The van der Waals surface area contributed by atoms with Crippen molar-refractivity contribution in [2.75, 3.05) is 0 Å². The highest BCUT2D eigenvalue weighted by atomic mass is 35.5. The monoisotopic (exact) mass is 280 g/mol. The maximum atomic E-state index is 8.69. The third kappa shape index (κ3) is 2.91. The topological polar surface area (TPSA) is 84.4 Å². The van der Waals surface area contributed by atoms with Crippen LogP contribution in [0.4, 0.5) is 0 Å². The maximum absolute atomic E-state index is 8.69. The maximum Gasteiger partial charge on any atom is 0.191 e. The highest BCUT2D eigenvalue weighted by molar-refractivity contribution is 7.99. The van der Waals surface area contributed by atoms with E-state index in [2.05, 4.69) is 15.1 Å². The number of nitrogens with two attached hydrogens (primary N) is 1. The van der Waals surface area contributed by atoms with Crippen LogP contribution in [0, 0.1) is 0 Å². The summed E-state index contributed by atoms with van der Waals surface area (Å²) in [6.45, 7) is 0. The van der Waals surface area contributed by atoms with E-state index in [1.807, 2.05) is 12.1 Å². The molecule has 0 aliphatic carbocycles. The van der Waals surface area contributed by atoms with Gasteiger partial charge in [-0.25, -0.2) is 9.97 Å². The van der Waals surface area contributed by atoms with Crippen LogP contribution in [0.15, 0.2) is 51.7 Å². The molecule has 0 amide bonds. The number of hydrogen-bond donors (Lipinski definition) is 2. The van der Waals surface area contributed by atoms with Gasteiger partial charge in [0.25, 0.3) is 0 Å². The molecule has 0 atom stereocenters. The Kier molecular flexibility index (Phi) is 4.01. The average Bonchev–Trinajstić information content (AvgIpc) is 2.38. The lowest BCUT2D eigenvalue weighted by atomic mass is 10.4. The van der Waals surface area contributed by atoms with Crippen LogP contribution in [0.5, 0.6) is 0 Å². The third-order valence-electron chi connectivity index (χ3n) is 2.03. The standard InChI is InChI=1S/C11H9ClN4OS/c12-7-2-1-3-8(6-7)18-11-9(10(13)16-17)14-4-5-15-11/h1-6,17H,(H2,13,16). The molecule has 0 fully saturated rings. The lowest BCUT2D eigenvalue weighted by Crippen LogP contribution is -2.16. The summed E-state index contributed by atoms with van der Waals surface area (Å²) in [7, 11) is 0. The van der Waals surface area contributed by atoms with Gasteiger partial charge in [0.2, 0.25) is 0 Å². The molecule has 1 heterocycles. The summed E-state index contributed by atoms with van der Waals surface area (Å²) in [5, 5.41) is 12.8. The molecule has 0 unspecified atom stereocenters. The Morgan fingerprint density at radius 1 is 1.33 bits per heavy atom. The number of halogens is 1. The average molecular weight is 281 g/mol. The first-order valence-electron chi connectivity index (χ1n) is 4.93. The molecule has 0 bridgehead atoms. The number of benzene rings is 1. The Morgan fingerprint density at radius 2 is 2.11 bits per heavy atom. The second kappa shape index (κ2) is 5.70. The lowest BCUT2D eigenvalue weighted by Gasteiger charge is -2.05. The van der Waals surface area contributed by atoms with Crippen LogP contribution in [0.2, 0.25) is 5.02 Å². The fourth-order valence-electron chi connectivity index (χ4n) is 1.27. The van der Waals surface area contributed by atoms with Gasteiger partial charge in [-0.3, -0.25) is 0 Å². The number of nitrogens with zero attached hydrogens (tertiary/aromatic N) is 3. The summed E-state index contributed by atoms with van der Waals surface area (Å²) in [4.78, 5) is 9.09. The van der Waals surface area contributed by atoms with E-state index in [1.54, 1.807) is 18.3 Å². The van der Waals surface area contributed by atoms with Crippen LogP contribution >= 0.6 is 23.4 Å². The molecule has 2 aromatic rings. The number of rotatable bonds is 3. The van der Waals surface area contributed by atoms with Gasteiger partial charge in [-0.1, -0.05) is 34.6 Å². The fourth-order valence-corrected chi connectivity index (χ4v) is 2.44. The molecule has 0 aliphatic heterocycles. The van der Waals surface area contributed by atoms with Crippen molar-refractivity contribution in [3.8, 4) is 0 Å². The van der Waals surface area contributed by atoms with Gasteiger partial charge < -0.3 is 10.9 Å². The molecule has 0 spiro atoms.